The molecule has 1 aromatic rings. The number of aromatic nitrogens is 2. The molecule has 1 aliphatic rings. The van der Waals surface area contributed by atoms with Crippen molar-refractivity contribution in [3.8, 4) is 0 Å². The van der Waals surface area contributed by atoms with Crippen LogP contribution in [0.2, 0.25) is 5.02 Å². The number of carbonyl (C=O) groups is 1. The first-order chi connectivity index (χ1) is 9.48. The summed E-state index contributed by atoms with van der Waals surface area (Å²) in [6.45, 7) is 8.60. The molecule has 1 fully saturated rings. The van der Waals surface area contributed by atoms with Gasteiger partial charge in [0, 0.05) is 6.54 Å². The fraction of sp³-hybridized carbons (Fsp3) is 0.733. The third-order valence-corrected chi connectivity index (χ3v) is 4.54. The highest BCUT2D eigenvalue weighted by Gasteiger charge is 2.37. The van der Waals surface area contributed by atoms with Crippen LogP contribution in [0.3, 0.4) is 0 Å². The molecule has 20 heavy (non-hydrogen) atoms. The Morgan fingerprint density at radius 3 is 2.45 bits per heavy atom. The van der Waals surface area contributed by atoms with Gasteiger partial charge in [0.25, 0.3) is 0 Å². The second-order valence-corrected chi connectivity index (χ2v) is 6.35. The Labute approximate surface area is 126 Å². The maximum atomic E-state index is 13.0. The van der Waals surface area contributed by atoms with Crippen LogP contribution in [-0.4, -0.2) is 39.1 Å². The largest absolute Gasteiger partial charge is 0.291 e. The summed E-state index contributed by atoms with van der Waals surface area (Å²) in [6.07, 6.45) is 6.41. The molecule has 0 aromatic carbocycles. The van der Waals surface area contributed by atoms with Gasteiger partial charge in [-0.3, -0.25) is 14.4 Å². The molecular formula is C15H24ClN3O. The van der Waals surface area contributed by atoms with E-state index in [2.05, 4.69) is 10.00 Å². The van der Waals surface area contributed by atoms with Gasteiger partial charge < -0.3 is 0 Å². The van der Waals surface area contributed by atoms with Crippen LogP contribution >= 0.6 is 11.6 Å². The topological polar surface area (TPSA) is 38.1 Å². The zero-order valence-corrected chi connectivity index (χ0v) is 13.4. The third kappa shape index (κ3) is 2.91. The molecule has 2 rings (SSSR count). The fourth-order valence-electron chi connectivity index (χ4n) is 2.89. The maximum absolute atomic E-state index is 13.0. The van der Waals surface area contributed by atoms with Crippen LogP contribution in [0.4, 0.5) is 0 Å². The number of hydrogen-bond acceptors (Lipinski definition) is 3. The van der Waals surface area contributed by atoms with E-state index in [1.165, 1.54) is 12.8 Å². The first kappa shape index (κ1) is 15.5. The number of Topliss-reactive ketones (excluding diaryl/α,β-unsaturated/α-hetero) is 1. The number of carbonyl (C=O) groups excluding carboxylic acids is 1. The van der Waals surface area contributed by atoms with Crippen molar-refractivity contribution in [3.05, 3.63) is 16.9 Å². The molecule has 0 unspecified atom stereocenters. The highest BCUT2D eigenvalue weighted by Crippen LogP contribution is 2.27. The Hall–Kier alpha value is -0.870. The van der Waals surface area contributed by atoms with Gasteiger partial charge in [0.05, 0.1) is 16.8 Å². The second kappa shape index (κ2) is 6.27. The van der Waals surface area contributed by atoms with E-state index >= 15 is 0 Å². The Morgan fingerprint density at radius 2 is 1.90 bits per heavy atom. The third-order valence-electron chi connectivity index (χ3n) is 4.26. The zero-order valence-electron chi connectivity index (χ0n) is 12.7. The monoisotopic (exact) mass is 297 g/mol. The molecule has 0 amide bonds. The number of halogens is 1. The Morgan fingerprint density at radius 1 is 1.30 bits per heavy atom. The van der Waals surface area contributed by atoms with Gasteiger partial charge in [0.2, 0.25) is 5.78 Å². The summed E-state index contributed by atoms with van der Waals surface area (Å²) in [5.41, 5.74) is 0.0180. The number of hydrogen-bond donors (Lipinski definition) is 0. The maximum Gasteiger partial charge on any atom is 0.201 e. The number of ketones is 1. The van der Waals surface area contributed by atoms with E-state index in [-0.39, 0.29) is 5.78 Å². The summed E-state index contributed by atoms with van der Waals surface area (Å²) in [5, 5.41) is 4.64. The van der Waals surface area contributed by atoms with Gasteiger partial charge in [-0.05, 0) is 46.7 Å². The summed E-state index contributed by atoms with van der Waals surface area (Å²) >= 11 is 6.17. The minimum absolute atomic E-state index is 0.0729. The number of likely N-dealkylation sites (tertiary alicyclic amines) is 1. The molecule has 0 radical (unpaired) electrons. The highest BCUT2D eigenvalue weighted by molar-refractivity contribution is 6.34. The Balaban J connectivity index is 2.27. The smallest absolute Gasteiger partial charge is 0.201 e. The molecule has 2 heterocycles. The van der Waals surface area contributed by atoms with E-state index in [0.29, 0.717) is 17.3 Å². The van der Waals surface area contributed by atoms with Crippen LogP contribution in [0.15, 0.2) is 6.20 Å². The van der Waals surface area contributed by atoms with Crippen molar-refractivity contribution in [2.75, 3.05) is 13.1 Å². The second-order valence-electron chi connectivity index (χ2n) is 5.95. The van der Waals surface area contributed by atoms with Crippen LogP contribution < -0.4 is 0 Å². The number of aryl methyl sites for hydroxylation is 1. The molecule has 0 saturated carbocycles. The van der Waals surface area contributed by atoms with E-state index in [4.69, 9.17) is 11.6 Å². The first-order valence-corrected chi connectivity index (χ1v) is 7.87. The lowest BCUT2D eigenvalue weighted by Gasteiger charge is -2.36. The fourth-order valence-corrected chi connectivity index (χ4v) is 3.12. The molecule has 5 heteroatoms. The normalized spacial score (nSPS) is 18.0. The van der Waals surface area contributed by atoms with Crippen LogP contribution in [-0.2, 0) is 6.54 Å². The molecule has 1 aromatic heterocycles. The summed E-state index contributed by atoms with van der Waals surface area (Å²) in [7, 11) is 0. The average molecular weight is 298 g/mol. The minimum atomic E-state index is -0.527. The molecule has 4 nitrogen and oxygen atoms in total. The van der Waals surface area contributed by atoms with Crippen molar-refractivity contribution in [2.45, 2.75) is 58.5 Å². The summed E-state index contributed by atoms with van der Waals surface area (Å²) in [5.74, 6) is 0.0729. The van der Waals surface area contributed by atoms with Crippen molar-refractivity contribution in [1.82, 2.24) is 14.7 Å². The van der Waals surface area contributed by atoms with Gasteiger partial charge >= 0.3 is 0 Å². The Bertz CT molecular complexity index is 473. The van der Waals surface area contributed by atoms with E-state index in [1.807, 2.05) is 20.8 Å². The standard InChI is InChI=1S/C15H24ClN3O/c1-4-19-13(12(16)11-17-19)14(20)15(2,3)18-9-7-5-6-8-10-18/h11H,4-10H2,1-3H3. The van der Waals surface area contributed by atoms with Crippen molar-refractivity contribution < 1.29 is 4.79 Å². The quantitative estimate of drug-likeness (QED) is 0.800. The van der Waals surface area contributed by atoms with Crippen LogP contribution in [0.5, 0.6) is 0 Å². The molecule has 0 N–H and O–H groups in total. The lowest BCUT2D eigenvalue weighted by atomic mass is 9.93. The summed E-state index contributed by atoms with van der Waals surface area (Å²) in [4.78, 5) is 15.2. The van der Waals surface area contributed by atoms with Crippen LogP contribution in [0, 0.1) is 0 Å². The molecule has 0 bridgehead atoms. The summed E-state index contributed by atoms with van der Waals surface area (Å²) < 4.78 is 1.70. The highest BCUT2D eigenvalue weighted by atomic mass is 35.5. The Kier molecular flexibility index (Phi) is 4.86. The molecule has 1 saturated heterocycles. The number of rotatable bonds is 4. The van der Waals surface area contributed by atoms with E-state index < -0.39 is 5.54 Å². The summed E-state index contributed by atoms with van der Waals surface area (Å²) in [6, 6.07) is 0. The van der Waals surface area contributed by atoms with Gasteiger partial charge in [0.15, 0.2) is 0 Å². The van der Waals surface area contributed by atoms with Crippen molar-refractivity contribution >= 4 is 17.4 Å². The minimum Gasteiger partial charge on any atom is -0.291 e. The van der Waals surface area contributed by atoms with Gasteiger partial charge in [-0.2, -0.15) is 5.10 Å². The predicted octanol–water partition coefficient (Wildman–Crippen LogP) is 3.39. The molecule has 1 aliphatic heterocycles. The molecular weight excluding hydrogens is 274 g/mol. The van der Waals surface area contributed by atoms with E-state index in [1.54, 1.807) is 10.9 Å². The molecule has 0 spiro atoms. The number of nitrogens with zero attached hydrogens (tertiary/aromatic N) is 3. The SMILES string of the molecule is CCn1ncc(Cl)c1C(=O)C(C)(C)N1CCCCCC1. The van der Waals surface area contributed by atoms with Gasteiger partial charge in [-0.25, -0.2) is 0 Å². The van der Waals surface area contributed by atoms with Crippen LogP contribution in [0.1, 0.15) is 56.9 Å². The molecule has 0 aliphatic carbocycles. The van der Waals surface area contributed by atoms with Gasteiger partial charge in [-0.1, -0.05) is 24.4 Å². The molecule has 0 atom stereocenters. The lowest BCUT2D eigenvalue weighted by Crippen LogP contribution is -2.51. The molecule has 112 valence electrons. The van der Waals surface area contributed by atoms with Crippen molar-refractivity contribution in [3.63, 3.8) is 0 Å². The lowest BCUT2D eigenvalue weighted by molar-refractivity contribution is 0.0638. The van der Waals surface area contributed by atoms with E-state index in [9.17, 15) is 4.79 Å². The average Bonchev–Trinajstić information content (AvgIpc) is 2.65. The first-order valence-electron chi connectivity index (χ1n) is 7.49. The van der Waals surface area contributed by atoms with Gasteiger partial charge in [-0.15, -0.1) is 0 Å². The van der Waals surface area contributed by atoms with E-state index in [0.717, 1.165) is 25.9 Å². The van der Waals surface area contributed by atoms with Gasteiger partial charge in [0.1, 0.15) is 5.69 Å². The zero-order chi connectivity index (χ0) is 14.8. The van der Waals surface area contributed by atoms with Crippen molar-refractivity contribution in [2.24, 2.45) is 0 Å². The van der Waals surface area contributed by atoms with Crippen molar-refractivity contribution in [1.29, 1.82) is 0 Å². The van der Waals surface area contributed by atoms with Crippen LogP contribution in [0.25, 0.3) is 0 Å². The predicted molar refractivity (Wildman–Crippen MR) is 81.4 cm³/mol.